The summed E-state index contributed by atoms with van der Waals surface area (Å²) in [7, 11) is 0. The highest BCUT2D eigenvalue weighted by molar-refractivity contribution is 6.00. The number of aliphatic carboxylic acids is 1. The van der Waals surface area contributed by atoms with Gasteiger partial charge in [-0.1, -0.05) is 61.5 Å². The molecule has 11 heteroatoms. The maximum atomic E-state index is 12.7. The van der Waals surface area contributed by atoms with Gasteiger partial charge in [-0.05, 0) is 65.6 Å². The fraction of sp³-hybridized carbons (Fsp3) is 0.368. The van der Waals surface area contributed by atoms with Gasteiger partial charge in [-0.15, -0.1) is 0 Å². The summed E-state index contributed by atoms with van der Waals surface area (Å²) in [5.41, 5.74) is 3.66. The van der Waals surface area contributed by atoms with Gasteiger partial charge in [0.2, 0.25) is 11.8 Å². The number of amides is 2. The van der Waals surface area contributed by atoms with Crippen LogP contribution in [-0.2, 0) is 23.9 Å². The van der Waals surface area contributed by atoms with Crippen LogP contribution in [0.15, 0.2) is 79.0 Å². The highest BCUT2D eigenvalue weighted by atomic mass is 16.5. The van der Waals surface area contributed by atoms with Gasteiger partial charge in [-0.25, -0.2) is 4.98 Å². The summed E-state index contributed by atoms with van der Waals surface area (Å²) >= 11 is 0. The van der Waals surface area contributed by atoms with Crippen LogP contribution in [0.4, 0.5) is 5.82 Å². The number of carbonyl (C=O) groups is 3. The van der Waals surface area contributed by atoms with Gasteiger partial charge >= 0.3 is 5.97 Å². The number of hydrogen-bond acceptors (Lipinski definition) is 8. The van der Waals surface area contributed by atoms with Crippen LogP contribution in [0, 0.1) is 6.92 Å². The lowest BCUT2D eigenvalue weighted by atomic mass is 9.95. The summed E-state index contributed by atoms with van der Waals surface area (Å²) in [6.45, 7) is 7.05. The van der Waals surface area contributed by atoms with E-state index in [-0.39, 0.29) is 25.3 Å². The smallest absolute Gasteiger partial charge is 0.305 e. The van der Waals surface area contributed by atoms with Crippen molar-refractivity contribution in [3.8, 4) is 16.9 Å². The Bertz CT molecular complexity index is 1660. The van der Waals surface area contributed by atoms with Crippen LogP contribution in [-0.4, -0.2) is 74.0 Å². The molecule has 0 unspecified atom stereocenters. The number of aromatic nitrogens is 1. The predicted octanol–water partition coefficient (Wildman–Crippen LogP) is 5.67. The molecule has 0 bridgehead atoms. The molecule has 1 heterocycles. The lowest BCUT2D eigenvalue weighted by Gasteiger charge is -2.19. The molecule has 2 amide bonds. The van der Waals surface area contributed by atoms with Gasteiger partial charge in [0, 0.05) is 31.2 Å². The fourth-order valence-electron chi connectivity index (χ4n) is 5.26. The van der Waals surface area contributed by atoms with Gasteiger partial charge in [0.15, 0.2) is 0 Å². The van der Waals surface area contributed by atoms with Gasteiger partial charge < -0.3 is 35.3 Å². The summed E-state index contributed by atoms with van der Waals surface area (Å²) < 4.78 is 17.1. The molecule has 0 saturated heterocycles. The monoisotopic (exact) mass is 670 g/mol. The second kappa shape index (κ2) is 19.7. The molecule has 0 aliphatic heterocycles. The Hall–Kier alpha value is -5.00. The van der Waals surface area contributed by atoms with Crippen molar-refractivity contribution in [3.63, 3.8) is 0 Å². The Kier molecular flexibility index (Phi) is 14.8. The standard InChI is InChI=1S/C38H46N4O7/c1-3-19-47-20-21-48-22-23-49-34-15-14-30(31-7-4-5-8-32(31)34)28-10-12-29(13-11-28)33(25-38(45)46)42-37(44)26-41-36(43)9-6-17-39-35-24-27(2)16-18-40-35/h4-5,7-8,10-16,18,24,33H,3,6,9,17,19-23,25-26H2,1-2H3,(H,39,40)(H,41,43)(H,42,44)(H,45,46)/t33-/m0/s1. The molecular weight excluding hydrogens is 624 g/mol. The molecule has 4 N–H and O–H groups in total. The van der Waals surface area contributed by atoms with Gasteiger partial charge in [-0.3, -0.25) is 14.4 Å². The van der Waals surface area contributed by atoms with E-state index in [2.05, 4.69) is 27.9 Å². The van der Waals surface area contributed by atoms with Crippen molar-refractivity contribution in [2.45, 2.75) is 45.6 Å². The number of hydrogen-bond donors (Lipinski definition) is 4. The minimum Gasteiger partial charge on any atom is -0.491 e. The van der Waals surface area contributed by atoms with E-state index in [4.69, 9.17) is 14.2 Å². The summed E-state index contributed by atoms with van der Waals surface area (Å²) in [5, 5.41) is 20.1. The summed E-state index contributed by atoms with van der Waals surface area (Å²) in [4.78, 5) is 40.9. The third kappa shape index (κ3) is 12.2. The normalized spacial score (nSPS) is 11.6. The number of carbonyl (C=O) groups excluding carboxylic acids is 2. The molecule has 49 heavy (non-hydrogen) atoms. The largest absolute Gasteiger partial charge is 0.491 e. The van der Waals surface area contributed by atoms with E-state index >= 15 is 0 Å². The van der Waals surface area contributed by atoms with Gasteiger partial charge in [0.25, 0.3) is 0 Å². The van der Waals surface area contributed by atoms with Crippen LogP contribution >= 0.6 is 0 Å². The summed E-state index contributed by atoms with van der Waals surface area (Å²) in [6, 6.07) is 22.4. The summed E-state index contributed by atoms with van der Waals surface area (Å²) in [6.07, 6.45) is 3.19. The lowest BCUT2D eigenvalue weighted by molar-refractivity contribution is -0.138. The first kappa shape index (κ1) is 36.8. The van der Waals surface area contributed by atoms with E-state index < -0.39 is 17.9 Å². The number of carboxylic acids is 1. The van der Waals surface area contributed by atoms with Crippen LogP contribution < -0.4 is 20.7 Å². The molecule has 0 aliphatic rings. The molecule has 0 spiro atoms. The number of nitrogens with zero attached hydrogens (tertiary/aromatic N) is 1. The number of nitrogens with one attached hydrogen (secondary N) is 3. The first-order valence-electron chi connectivity index (χ1n) is 16.7. The van der Waals surface area contributed by atoms with Crippen LogP contribution in [0.5, 0.6) is 5.75 Å². The molecular formula is C38H46N4O7. The topological polar surface area (TPSA) is 148 Å². The number of aryl methyl sites for hydroxylation is 1. The zero-order valence-electron chi connectivity index (χ0n) is 28.2. The van der Waals surface area contributed by atoms with Crippen molar-refractivity contribution in [3.05, 3.63) is 90.1 Å². The van der Waals surface area contributed by atoms with Crippen molar-refractivity contribution in [2.24, 2.45) is 0 Å². The molecule has 260 valence electrons. The molecule has 4 rings (SSSR count). The Balaban J connectivity index is 1.30. The van der Waals surface area contributed by atoms with Crippen molar-refractivity contribution >= 4 is 34.4 Å². The summed E-state index contributed by atoms with van der Waals surface area (Å²) in [5.74, 6) is -0.281. The minimum absolute atomic E-state index is 0.233. The number of anilines is 1. The van der Waals surface area contributed by atoms with Crippen LogP contribution in [0.2, 0.25) is 0 Å². The average molecular weight is 671 g/mol. The molecule has 0 aliphatic carbocycles. The number of ether oxygens (including phenoxy) is 3. The van der Waals surface area contributed by atoms with Crippen molar-refractivity contribution in [1.29, 1.82) is 0 Å². The third-order valence-electron chi connectivity index (χ3n) is 7.68. The molecule has 1 atom stereocenters. The maximum Gasteiger partial charge on any atom is 0.305 e. The average Bonchev–Trinajstić information content (AvgIpc) is 3.10. The van der Waals surface area contributed by atoms with E-state index in [1.54, 1.807) is 6.20 Å². The molecule has 0 radical (unpaired) electrons. The number of carboxylic acid groups (broad SMARTS) is 1. The first-order valence-corrected chi connectivity index (χ1v) is 16.7. The van der Waals surface area contributed by atoms with E-state index in [9.17, 15) is 19.5 Å². The zero-order chi connectivity index (χ0) is 34.8. The van der Waals surface area contributed by atoms with E-state index in [1.165, 1.54) is 0 Å². The Morgan fingerprint density at radius 3 is 2.33 bits per heavy atom. The second-order valence-corrected chi connectivity index (χ2v) is 11.6. The Morgan fingerprint density at radius 1 is 0.857 bits per heavy atom. The molecule has 1 aromatic heterocycles. The van der Waals surface area contributed by atoms with Crippen LogP contribution in [0.1, 0.15) is 49.8 Å². The first-order chi connectivity index (χ1) is 23.8. The van der Waals surface area contributed by atoms with Crippen molar-refractivity contribution < 1.29 is 33.7 Å². The lowest BCUT2D eigenvalue weighted by Crippen LogP contribution is -2.39. The van der Waals surface area contributed by atoms with Gasteiger partial charge in [0.05, 0.1) is 38.8 Å². The molecule has 3 aromatic carbocycles. The molecule has 4 aromatic rings. The quantitative estimate of drug-likeness (QED) is 0.0823. The Morgan fingerprint density at radius 2 is 1.59 bits per heavy atom. The van der Waals surface area contributed by atoms with Crippen molar-refractivity contribution in [2.75, 3.05) is 51.4 Å². The molecule has 0 saturated carbocycles. The number of benzene rings is 3. The fourth-order valence-corrected chi connectivity index (χ4v) is 5.26. The second-order valence-electron chi connectivity index (χ2n) is 11.6. The Labute approximate surface area is 287 Å². The van der Waals surface area contributed by atoms with Crippen LogP contribution in [0.25, 0.3) is 21.9 Å². The SMILES string of the molecule is CCCOCCOCCOc1ccc(-c2ccc([C@H](CC(=O)O)NC(=O)CNC(=O)CCCNc3cc(C)ccn3)cc2)c2ccccc12. The maximum absolute atomic E-state index is 12.7. The third-order valence-corrected chi connectivity index (χ3v) is 7.68. The van der Waals surface area contributed by atoms with Crippen molar-refractivity contribution in [1.82, 2.24) is 15.6 Å². The van der Waals surface area contributed by atoms with E-state index in [0.29, 0.717) is 45.0 Å². The zero-order valence-corrected chi connectivity index (χ0v) is 28.2. The van der Waals surface area contributed by atoms with E-state index in [0.717, 1.165) is 52.1 Å². The number of pyridine rings is 1. The number of rotatable bonds is 21. The highest BCUT2D eigenvalue weighted by Gasteiger charge is 2.19. The minimum atomic E-state index is -1.05. The molecule has 0 fully saturated rings. The van der Waals surface area contributed by atoms with E-state index in [1.807, 2.05) is 79.7 Å². The highest BCUT2D eigenvalue weighted by Crippen LogP contribution is 2.35. The number of fused-ring (bicyclic) bond motifs is 1. The van der Waals surface area contributed by atoms with Gasteiger partial charge in [-0.2, -0.15) is 0 Å². The predicted molar refractivity (Wildman–Crippen MR) is 190 cm³/mol. The molecule has 11 nitrogen and oxygen atoms in total. The van der Waals surface area contributed by atoms with Gasteiger partial charge in [0.1, 0.15) is 18.2 Å². The van der Waals surface area contributed by atoms with Crippen LogP contribution in [0.3, 0.4) is 0 Å².